The van der Waals surface area contributed by atoms with E-state index in [0.29, 0.717) is 42.9 Å². The Morgan fingerprint density at radius 1 is 0.879 bits per heavy atom. The SMILES string of the molecule is O=C(O[C@H]1[C@@H](O)[C@H](n2cnc3c(NCC(c4ccccc4)c4ccccc4)nc(N4CCC[C@@H]4C(O)(c4ccccc4)c4ccccc4)nc32)O[C@@H]1CO)C(F)(F)F. The van der Waals surface area contributed by atoms with Crippen LogP contribution in [-0.4, -0.2) is 91.0 Å². The molecule has 0 bridgehead atoms. The second kappa shape index (κ2) is 16.2. The van der Waals surface area contributed by atoms with E-state index in [1.54, 1.807) is 0 Å². The van der Waals surface area contributed by atoms with E-state index < -0.39 is 54.9 Å². The van der Waals surface area contributed by atoms with Gasteiger partial charge in [0, 0.05) is 19.0 Å². The minimum atomic E-state index is -5.34. The van der Waals surface area contributed by atoms with Crippen molar-refractivity contribution >= 4 is 28.9 Å². The minimum absolute atomic E-state index is 0.131. The van der Waals surface area contributed by atoms with Gasteiger partial charge in [-0.15, -0.1) is 0 Å². The van der Waals surface area contributed by atoms with Gasteiger partial charge in [0.2, 0.25) is 5.95 Å². The Bertz CT molecular complexity index is 2240. The number of imidazole rings is 1. The number of hydrogen-bond donors (Lipinski definition) is 4. The highest BCUT2D eigenvalue weighted by Crippen LogP contribution is 2.43. The van der Waals surface area contributed by atoms with Crippen LogP contribution in [0.4, 0.5) is 24.9 Å². The van der Waals surface area contributed by atoms with Crippen molar-refractivity contribution in [2.75, 3.05) is 29.9 Å². The first-order chi connectivity index (χ1) is 28.1. The maximum absolute atomic E-state index is 13.2. The number of aliphatic hydroxyl groups is 3. The van der Waals surface area contributed by atoms with Crippen LogP contribution in [0, 0.1) is 0 Å². The predicted octanol–water partition coefficient (Wildman–Crippen LogP) is 5.70. The Labute approximate surface area is 331 Å². The lowest BCUT2D eigenvalue weighted by molar-refractivity contribution is -0.210. The van der Waals surface area contributed by atoms with E-state index in [4.69, 9.17) is 14.7 Å². The molecule has 2 fully saturated rings. The second-order valence-corrected chi connectivity index (χ2v) is 14.4. The highest BCUT2D eigenvalue weighted by molar-refractivity contribution is 5.85. The number of aromatic nitrogens is 4. The molecular weight excluding hydrogens is 754 g/mol. The third-order valence-corrected chi connectivity index (χ3v) is 10.9. The van der Waals surface area contributed by atoms with Gasteiger partial charge in [0.1, 0.15) is 17.8 Å². The Morgan fingerprint density at radius 2 is 1.45 bits per heavy atom. The molecule has 0 spiro atoms. The van der Waals surface area contributed by atoms with Crippen molar-refractivity contribution in [1.82, 2.24) is 19.5 Å². The number of nitrogens with one attached hydrogen (secondary N) is 1. The number of halogens is 3. The summed E-state index contributed by atoms with van der Waals surface area (Å²) in [5.41, 5.74) is 2.33. The fourth-order valence-electron chi connectivity index (χ4n) is 8.15. The Hall–Kier alpha value is -5.87. The van der Waals surface area contributed by atoms with Gasteiger partial charge in [-0.05, 0) is 35.1 Å². The summed E-state index contributed by atoms with van der Waals surface area (Å²) < 4.78 is 51.5. The topological polar surface area (TPSA) is 155 Å². The number of aliphatic hydroxyl groups excluding tert-OH is 2. The number of alkyl halides is 3. The maximum atomic E-state index is 13.2. The molecule has 8 rings (SSSR count). The molecule has 58 heavy (non-hydrogen) atoms. The molecule has 4 aromatic carbocycles. The summed E-state index contributed by atoms with van der Waals surface area (Å²) in [6.45, 7) is -0.0260. The lowest BCUT2D eigenvalue weighted by atomic mass is 9.79. The van der Waals surface area contributed by atoms with Gasteiger partial charge in [0.15, 0.2) is 29.3 Å². The van der Waals surface area contributed by atoms with Gasteiger partial charge >= 0.3 is 12.1 Å². The fraction of sp³-hybridized carbons (Fsp3) is 0.302. The largest absolute Gasteiger partial charge is 0.490 e. The summed E-state index contributed by atoms with van der Waals surface area (Å²) >= 11 is 0. The molecule has 0 unspecified atom stereocenters. The number of nitrogens with zero attached hydrogens (tertiary/aromatic N) is 5. The van der Waals surface area contributed by atoms with Crippen LogP contribution in [-0.2, 0) is 19.9 Å². The third-order valence-electron chi connectivity index (χ3n) is 10.9. The highest BCUT2D eigenvalue weighted by atomic mass is 19.4. The third kappa shape index (κ3) is 7.37. The molecule has 2 aliphatic rings. The van der Waals surface area contributed by atoms with Gasteiger partial charge in [0.25, 0.3) is 0 Å². The summed E-state index contributed by atoms with van der Waals surface area (Å²) in [4.78, 5) is 28.4. The van der Waals surface area contributed by atoms with Crippen LogP contribution in [0.5, 0.6) is 0 Å². The van der Waals surface area contributed by atoms with Gasteiger partial charge in [-0.2, -0.15) is 23.1 Å². The average Bonchev–Trinajstić information content (AvgIpc) is 3.99. The van der Waals surface area contributed by atoms with E-state index in [-0.39, 0.29) is 23.0 Å². The number of carbonyl (C=O) groups is 1. The molecule has 0 saturated carbocycles. The molecule has 0 radical (unpaired) electrons. The predicted molar refractivity (Wildman–Crippen MR) is 208 cm³/mol. The second-order valence-electron chi connectivity index (χ2n) is 14.4. The van der Waals surface area contributed by atoms with Gasteiger partial charge in [-0.3, -0.25) is 4.57 Å². The van der Waals surface area contributed by atoms with E-state index >= 15 is 0 Å². The number of anilines is 2. The average molecular weight is 795 g/mol. The van der Waals surface area contributed by atoms with Crippen LogP contribution in [0.3, 0.4) is 0 Å². The van der Waals surface area contributed by atoms with Gasteiger partial charge in [-0.1, -0.05) is 121 Å². The van der Waals surface area contributed by atoms with Crippen molar-refractivity contribution in [3.05, 3.63) is 150 Å². The lowest BCUT2D eigenvalue weighted by Gasteiger charge is -2.40. The summed E-state index contributed by atoms with van der Waals surface area (Å²) in [6.07, 6.45) is -9.43. The molecule has 2 aliphatic heterocycles. The quantitative estimate of drug-likeness (QED) is 0.113. The Morgan fingerprint density at radius 3 is 2.00 bits per heavy atom. The molecule has 12 nitrogen and oxygen atoms in total. The molecule has 5 atom stereocenters. The molecule has 300 valence electrons. The zero-order valence-electron chi connectivity index (χ0n) is 31.1. The number of ether oxygens (including phenoxy) is 2. The van der Waals surface area contributed by atoms with Gasteiger partial charge in [0.05, 0.1) is 19.0 Å². The zero-order valence-corrected chi connectivity index (χ0v) is 31.1. The van der Waals surface area contributed by atoms with E-state index in [1.165, 1.54) is 10.9 Å². The molecule has 4 heterocycles. The van der Waals surface area contributed by atoms with Crippen molar-refractivity contribution < 1.29 is 42.8 Å². The number of esters is 1. The molecule has 6 aromatic rings. The van der Waals surface area contributed by atoms with Crippen molar-refractivity contribution in [2.45, 2.75) is 61.1 Å². The summed E-state index contributed by atoms with van der Waals surface area (Å²) in [7, 11) is 0. The standard InChI is InChI=1S/C43H41F3N6O6/c44-43(45,46)40(55)58-36-32(25-53)57-39(35(36)54)52-26-48-34-37(47-24-31(27-14-5-1-6-15-27)28-16-7-2-8-17-28)49-41(50-38(34)52)51-23-13-22-33(51)42(56,29-18-9-3-10-19-29)30-20-11-4-12-21-30/h1-12,14-21,26,31-33,35-36,39,53-54,56H,13,22-25H2,(H,47,49,50)/t32-,33-,35-,36-,39-/m1/s1. The summed E-state index contributed by atoms with van der Waals surface area (Å²) in [6, 6.07) is 38.1. The van der Waals surface area contributed by atoms with Crippen molar-refractivity contribution in [1.29, 1.82) is 0 Å². The minimum Gasteiger partial charge on any atom is -0.450 e. The number of hydrogen-bond acceptors (Lipinski definition) is 11. The Kier molecular flexibility index (Phi) is 10.9. The molecular formula is C43H41F3N6O6. The van der Waals surface area contributed by atoms with Crippen LogP contribution < -0.4 is 10.2 Å². The molecule has 0 aliphatic carbocycles. The van der Waals surface area contributed by atoms with E-state index in [1.807, 2.05) is 126 Å². The van der Waals surface area contributed by atoms with E-state index in [9.17, 15) is 33.3 Å². The smallest absolute Gasteiger partial charge is 0.450 e. The summed E-state index contributed by atoms with van der Waals surface area (Å²) in [5, 5.41) is 37.8. The number of benzene rings is 4. The molecule has 15 heteroatoms. The number of rotatable bonds is 12. The maximum Gasteiger partial charge on any atom is 0.490 e. The molecule has 0 amide bonds. The normalized spacial score (nSPS) is 21.2. The number of carbonyl (C=O) groups excluding carboxylic acids is 1. The Balaban J connectivity index is 1.23. The van der Waals surface area contributed by atoms with E-state index in [0.717, 1.165) is 11.1 Å². The van der Waals surface area contributed by atoms with Crippen LogP contribution in [0.1, 0.15) is 47.2 Å². The summed E-state index contributed by atoms with van der Waals surface area (Å²) in [5.74, 6) is -2.13. The zero-order chi connectivity index (χ0) is 40.4. The van der Waals surface area contributed by atoms with Gasteiger partial charge < -0.3 is 35.0 Å². The highest BCUT2D eigenvalue weighted by Gasteiger charge is 2.52. The molecule has 2 saturated heterocycles. The number of fused-ring (bicyclic) bond motifs is 1. The van der Waals surface area contributed by atoms with Crippen LogP contribution in [0.2, 0.25) is 0 Å². The first-order valence-electron chi connectivity index (χ1n) is 19.0. The van der Waals surface area contributed by atoms with Crippen molar-refractivity contribution in [3.8, 4) is 0 Å². The van der Waals surface area contributed by atoms with Gasteiger partial charge in [-0.25, -0.2) is 9.78 Å². The first-order valence-corrected chi connectivity index (χ1v) is 19.0. The molecule has 4 N–H and O–H groups in total. The van der Waals surface area contributed by atoms with E-state index in [2.05, 4.69) is 15.0 Å². The van der Waals surface area contributed by atoms with Crippen LogP contribution >= 0.6 is 0 Å². The first kappa shape index (κ1) is 39.0. The molecule has 2 aromatic heterocycles. The van der Waals surface area contributed by atoms with Crippen molar-refractivity contribution in [2.24, 2.45) is 0 Å². The van der Waals surface area contributed by atoms with Crippen LogP contribution in [0.15, 0.2) is 128 Å². The van der Waals surface area contributed by atoms with Crippen molar-refractivity contribution in [3.63, 3.8) is 0 Å². The van der Waals surface area contributed by atoms with Crippen LogP contribution in [0.25, 0.3) is 11.2 Å². The lowest BCUT2D eigenvalue weighted by Crippen LogP contribution is -2.49. The fourth-order valence-corrected chi connectivity index (χ4v) is 8.15. The monoisotopic (exact) mass is 794 g/mol.